The summed E-state index contributed by atoms with van der Waals surface area (Å²) in [7, 11) is 5.77. The molecule has 1 aromatic heterocycles. The number of benzene rings is 1. The van der Waals surface area contributed by atoms with Crippen LogP contribution in [0.2, 0.25) is 0 Å². The Hall–Kier alpha value is -3.17. The summed E-state index contributed by atoms with van der Waals surface area (Å²) in [6, 6.07) is 10.5. The number of hydrogen-bond donors (Lipinski definition) is 2. The van der Waals surface area contributed by atoms with Crippen LogP contribution in [0.25, 0.3) is 0 Å². The van der Waals surface area contributed by atoms with E-state index in [2.05, 4.69) is 51.1 Å². The van der Waals surface area contributed by atoms with Crippen LogP contribution in [0.3, 0.4) is 0 Å². The first kappa shape index (κ1) is 26.9. The molecule has 200 valence electrons. The van der Waals surface area contributed by atoms with Gasteiger partial charge in [-0.25, -0.2) is 4.98 Å². The predicted molar refractivity (Wildman–Crippen MR) is 148 cm³/mol. The third-order valence-electron chi connectivity index (χ3n) is 7.76. The molecule has 0 radical (unpaired) electrons. The lowest BCUT2D eigenvalue weighted by Gasteiger charge is -2.41. The Bertz CT molecular complexity index is 1080. The predicted octanol–water partition coefficient (Wildman–Crippen LogP) is 2.75. The number of nitrogens with two attached hydrogens (primary N) is 1. The maximum Gasteiger partial charge on any atom is 0.269 e. The Morgan fingerprint density at radius 3 is 2.46 bits per heavy atom. The molecule has 37 heavy (non-hydrogen) atoms. The van der Waals surface area contributed by atoms with Gasteiger partial charge in [0.15, 0.2) is 5.69 Å². The van der Waals surface area contributed by atoms with E-state index in [-0.39, 0.29) is 23.6 Å². The van der Waals surface area contributed by atoms with Crippen molar-refractivity contribution in [3.05, 3.63) is 47.8 Å². The lowest BCUT2D eigenvalue weighted by atomic mass is 9.87. The van der Waals surface area contributed by atoms with Gasteiger partial charge in [-0.2, -0.15) is 0 Å². The second-order valence-corrected chi connectivity index (χ2v) is 10.7. The number of rotatable bonds is 8. The minimum atomic E-state index is -0.568. The summed E-state index contributed by atoms with van der Waals surface area (Å²) in [4.78, 5) is 37.7. The monoisotopic (exact) mass is 507 g/mol. The molecule has 3 N–H and O–H groups in total. The number of carbonyl (C=O) groups excluding carboxylic acids is 2. The third-order valence-corrected chi connectivity index (χ3v) is 7.76. The Balaban J connectivity index is 1.48. The van der Waals surface area contributed by atoms with Gasteiger partial charge in [0.05, 0.1) is 17.6 Å². The van der Waals surface area contributed by atoms with E-state index in [0.29, 0.717) is 12.1 Å². The molecule has 0 bridgehead atoms. The zero-order valence-corrected chi connectivity index (χ0v) is 22.6. The van der Waals surface area contributed by atoms with Gasteiger partial charge in [0.25, 0.3) is 5.91 Å². The average molecular weight is 508 g/mol. The van der Waals surface area contributed by atoms with Gasteiger partial charge in [-0.1, -0.05) is 12.1 Å². The molecule has 0 unspecified atom stereocenters. The third kappa shape index (κ3) is 6.78. The fraction of sp³-hybridized carbons (Fsp3) is 0.536. The molecule has 2 amide bonds. The van der Waals surface area contributed by atoms with Gasteiger partial charge in [-0.3, -0.25) is 14.5 Å². The number of anilines is 3. The van der Waals surface area contributed by atoms with Crippen LogP contribution in [0.5, 0.6) is 0 Å². The number of amides is 2. The van der Waals surface area contributed by atoms with E-state index >= 15 is 0 Å². The molecule has 2 fully saturated rings. The maximum absolute atomic E-state index is 12.4. The van der Waals surface area contributed by atoms with Crippen molar-refractivity contribution >= 4 is 28.9 Å². The zero-order chi connectivity index (χ0) is 26.5. The summed E-state index contributed by atoms with van der Waals surface area (Å²) in [5.74, 6) is -0.148. The van der Waals surface area contributed by atoms with Gasteiger partial charge in [0.2, 0.25) is 5.91 Å². The van der Waals surface area contributed by atoms with Crippen LogP contribution >= 0.6 is 0 Å². The zero-order valence-electron chi connectivity index (χ0n) is 22.6. The summed E-state index contributed by atoms with van der Waals surface area (Å²) in [6.45, 7) is 8.34. The highest BCUT2D eigenvalue weighted by molar-refractivity contribution is 5.97. The molecule has 0 saturated carbocycles. The van der Waals surface area contributed by atoms with Gasteiger partial charge < -0.3 is 25.8 Å². The van der Waals surface area contributed by atoms with E-state index in [9.17, 15) is 9.59 Å². The number of nitrogens with zero attached hydrogens (tertiary/aromatic N) is 5. The molecule has 0 aliphatic carbocycles. The standard InChI is InChI=1S/C28H41N7O2/c1-20-22(16-26(36)32(2)3)6-5-11-35(20)24-17-25(27(28(29)37)30-18-24)31-23-9-7-21(8-10-23)19-34-14-12-33(4)13-15-34/h7-10,17-18,20,22,31H,5-6,11-16,19H2,1-4H3,(H2,29,37)/t20-,22+/m1/s1. The highest BCUT2D eigenvalue weighted by Gasteiger charge is 2.31. The minimum absolute atomic E-state index is 0.152. The lowest BCUT2D eigenvalue weighted by Crippen LogP contribution is -2.45. The van der Waals surface area contributed by atoms with Gasteiger partial charge >= 0.3 is 0 Å². The van der Waals surface area contributed by atoms with Crippen LogP contribution in [-0.2, 0) is 11.3 Å². The number of likely N-dealkylation sites (N-methyl/N-ethyl adjacent to an activating group) is 1. The van der Waals surface area contributed by atoms with Crippen molar-refractivity contribution < 1.29 is 9.59 Å². The second kappa shape index (κ2) is 11.9. The Kier molecular flexibility index (Phi) is 8.66. The van der Waals surface area contributed by atoms with Crippen LogP contribution < -0.4 is 16.0 Å². The number of primary amides is 1. The summed E-state index contributed by atoms with van der Waals surface area (Å²) >= 11 is 0. The molecule has 9 nitrogen and oxygen atoms in total. The van der Waals surface area contributed by atoms with Crippen LogP contribution in [0.15, 0.2) is 36.5 Å². The number of pyridine rings is 1. The first-order valence-corrected chi connectivity index (χ1v) is 13.2. The maximum atomic E-state index is 12.4. The molecule has 0 spiro atoms. The van der Waals surface area contributed by atoms with E-state index in [1.165, 1.54) is 5.56 Å². The van der Waals surface area contributed by atoms with Crippen LogP contribution in [-0.4, -0.2) is 91.4 Å². The molecule has 2 aromatic rings. The van der Waals surface area contributed by atoms with Crippen molar-refractivity contribution in [3.63, 3.8) is 0 Å². The molecule has 3 heterocycles. The number of piperidine rings is 1. The van der Waals surface area contributed by atoms with Gasteiger partial charge in [0.1, 0.15) is 0 Å². The molecular weight excluding hydrogens is 466 g/mol. The topological polar surface area (TPSA) is 98.0 Å². The van der Waals surface area contributed by atoms with Crippen molar-refractivity contribution in [1.29, 1.82) is 0 Å². The largest absolute Gasteiger partial charge is 0.367 e. The Morgan fingerprint density at radius 1 is 1.11 bits per heavy atom. The van der Waals surface area contributed by atoms with E-state index in [1.807, 2.05) is 18.2 Å². The molecule has 2 aliphatic heterocycles. The molecule has 9 heteroatoms. The van der Waals surface area contributed by atoms with Gasteiger partial charge in [0, 0.05) is 71.5 Å². The minimum Gasteiger partial charge on any atom is -0.367 e. The van der Waals surface area contributed by atoms with Crippen molar-refractivity contribution in [3.8, 4) is 0 Å². The molecule has 4 rings (SSSR count). The average Bonchev–Trinajstić information content (AvgIpc) is 2.87. The van der Waals surface area contributed by atoms with Crippen molar-refractivity contribution in [2.75, 3.05) is 64.1 Å². The highest BCUT2D eigenvalue weighted by atomic mass is 16.2. The molecule has 1 aromatic carbocycles. The fourth-order valence-electron chi connectivity index (χ4n) is 5.28. The number of piperazine rings is 1. The molecule has 2 atom stereocenters. The second-order valence-electron chi connectivity index (χ2n) is 10.7. The number of aromatic nitrogens is 1. The Morgan fingerprint density at radius 2 is 1.81 bits per heavy atom. The van der Waals surface area contributed by atoms with Crippen molar-refractivity contribution in [1.82, 2.24) is 19.7 Å². The highest BCUT2D eigenvalue weighted by Crippen LogP contribution is 2.33. The van der Waals surface area contributed by atoms with Crippen molar-refractivity contribution in [2.45, 2.75) is 38.8 Å². The first-order chi connectivity index (χ1) is 17.7. The SMILES string of the molecule is C[C@@H]1[C@H](CC(=O)N(C)C)CCCN1c1cnc(C(N)=O)c(Nc2ccc(CN3CCN(C)CC3)cc2)c1. The molecule has 2 saturated heterocycles. The lowest BCUT2D eigenvalue weighted by molar-refractivity contribution is -0.130. The van der Waals surface area contributed by atoms with Gasteiger partial charge in [-0.15, -0.1) is 0 Å². The number of carbonyl (C=O) groups is 2. The first-order valence-electron chi connectivity index (χ1n) is 13.2. The normalized spacial score (nSPS) is 21.0. The fourth-order valence-corrected chi connectivity index (χ4v) is 5.28. The quantitative estimate of drug-likeness (QED) is 0.567. The van der Waals surface area contributed by atoms with Gasteiger partial charge in [-0.05, 0) is 56.5 Å². The summed E-state index contributed by atoms with van der Waals surface area (Å²) in [5.41, 5.74) is 9.54. The van der Waals surface area contributed by atoms with E-state index in [4.69, 9.17) is 5.73 Å². The number of nitrogens with one attached hydrogen (secondary N) is 1. The van der Waals surface area contributed by atoms with E-state index < -0.39 is 5.91 Å². The summed E-state index contributed by atoms with van der Waals surface area (Å²) < 4.78 is 0. The van der Waals surface area contributed by atoms with Crippen LogP contribution in [0, 0.1) is 5.92 Å². The Labute approximate surface area is 220 Å². The number of hydrogen-bond acceptors (Lipinski definition) is 7. The summed E-state index contributed by atoms with van der Waals surface area (Å²) in [5, 5.41) is 3.37. The van der Waals surface area contributed by atoms with Crippen LogP contribution in [0.1, 0.15) is 42.2 Å². The molecule has 2 aliphatic rings. The van der Waals surface area contributed by atoms with Crippen molar-refractivity contribution in [2.24, 2.45) is 11.7 Å². The van der Waals surface area contributed by atoms with Crippen LogP contribution in [0.4, 0.5) is 17.1 Å². The van der Waals surface area contributed by atoms with E-state index in [1.54, 1.807) is 25.2 Å². The summed E-state index contributed by atoms with van der Waals surface area (Å²) in [6.07, 6.45) is 4.28. The van der Waals surface area contributed by atoms with E-state index in [0.717, 1.165) is 63.5 Å². The smallest absolute Gasteiger partial charge is 0.269 e. The molecular formula is C28H41N7O2.